The molecule has 156 valence electrons. The minimum absolute atomic E-state index is 0.171. The highest BCUT2D eigenvalue weighted by molar-refractivity contribution is 7.97. The van der Waals surface area contributed by atoms with Crippen molar-refractivity contribution < 1.29 is 19.0 Å². The molecule has 0 bridgehead atoms. The predicted molar refractivity (Wildman–Crippen MR) is 119 cm³/mol. The van der Waals surface area contributed by atoms with Gasteiger partial charge in [0.1, 0.15) is 5.60 Å². The highest BCUT2D eigenvalue weighted by Gasteiger charge is 2.29. The molecule has 0 aromatic heterocycles. The summed E-state index contributed by atoms with van der Waals surface area (Å²) in [4.78, 5) is 15.5. The normalized spacial score (nSPS) is 11.2. The van der Waals surface area contributed by atoms with E-state index >= 15 is 0 Å². The zero-order chi connectivity index (χ0) is 21.6. The summed E-state index contributed by atoms with van der Waals surface area (Å²) in [5.41, 5.74) is -0.548. The smallest absolute Gasteiger partial charge is 0.344 e. The van der Waals surface area contributed by atoms with Gasteiger partial charge in [-0.25, -0.2) is 4.79 Å². The molecule has 5 heteroatoms. The van der Waals surface area contributed by atoms with E-state index in [0.29, 0.717) is 11.5 Å². The molecule has 0 unspecified atom stereocenters. The molecule has 3 aromatic rings. The SMILES string of the molecule is COc1cc([S+](c2ccccc2)c2ccccc2)ccc1OCC(=O)OC(C)(C)C. The second-order valence-electron chi connectivity index (χ2n) is 7.62. The molecular weight excluding hydrogens is 396 g/mol. The third-order valence-corrected chi connectivity index (χ3v) is 6.31. The number of methoxy groups -OCH3 is 1. The maximum atomic E-state index is 12.0. The standard InChI is InChI=1S/C25H27O4S/c1-25(2,3)29-24(26)18-28-22-16-15-21(17-23(22)27-4)30(19-11-7-5-8-12-19)20-13-9-6-10-14-20/h5-17H,18H2,1-4H3/q+1. The molecule has 0 aliphatic carbocycles. The highest BCUT2D eigenvalue weighted by atomic mass is 32.2. The number of carbonyl (C=O) groups is 1. The summed E-state index contributed by atoms with van der Waals surface area (Å²) >= 11 is 0. The summed E-state index contributed by atoms with van der Waals surface area (Å²) in [5.74, 6) is 0.680. The van der Waals surface area contributed by atoms with Crippen molar-refractivity contribution >= 4 is 16.9 Å². The average Bonchev–Trinajstić information content (AvgIpc) is 2.73. The zero-order valence-corrected chi connectivity index (χ0v) is 18.6. The lowest BCUT2D eigenvalue weighted by atomic mass is 10.2. The molecule has 3 aromatic carbocycles. The lowest BCUT2D eigenvalue weighted by molar-refractivity contribution is -0.157. The van der Waals surface area contributed by atoms with E-state index < -0.39 is 11.6 Å². The van der Waals surface area contributed by atoms with Crippen LogP contribution >= 0.6 is 0 Å². The molecule has 0 atom stereocenters. The van der Waals surface area contributed by atoms with Crippen molar-refractivity contribution in [2.24, 2.45) is 0 Å². The quantitative estimate of drug-likeness (QED) is 0.371. The highest BCUT2D eigenvalue weighted by Crippen LogP contribution is 2.36. The zero-order valence-electron chi connectivity index (χ0n) is 17.8. The van der Waals surface area contributed by atoms with Crippen LogP contribution in [0.5, 0.6) is 11.5 Å². The summed E-state index contributed by atoms with van der Waals surface area (Å²) < 4.78 is 16.6. The van der Waals surface area contributed by atoms with Gasteiger partial charge in [0.05, 0.1) is 18.0 Å². The van der Waals surface area contributed by atoms with E-state index in [9.17, 15) is 4.79 Å². The summed E-state index contributed by atoms with van der Waals surface area (Å²) in [6.45, 7) is 5.31. The summed E-state index contributed by atoms with van der Waals surface area (Å²) in [5, 5.41) is 0. The van der Waals surface area contributed by atoms with E-state index in [1.807, 2.05) is 75.4 Å². The van der Waals surface area contributed by atoms with Gasteiger partial charge in [-0.15, -0.1) is 0 Å². The first kappa shape index (κ1) is 21.8. The Morgan fingerprint density at radius 1 is 0.800 bits per heavy atom. The second kappa shape index (κ2) is 9.72. The monoisotopic (exact) mass is 423 g/mol. The number of hydrogen-bond donors (Lipinski definition) is 0. The van der Waals surface area contributed by atoms with Crippen LogP contribution in [0.4, 0.5) is 0 Å². The molecule has 0 saturated carbocycles. The van der Waals surface area contributed by atoms with Gasteiger partial charge in [-0.05, 0) is 57.2 Å². The predicted octanol–water partition coefficient (Wildman–Crippen LogP) is 5.51. The molecule has 0 aliphatic heterocycles. The molecule has 3 rings (SSSR count). The largest absolute Gasteiger partial charge is 0.493 e. The first-order chi connectivity index (χ1) is 14.4. The van der Waals surface area contributed by atoms with Gasteiger partial charge in [0.25, 0.3) is 0 Å². The number of rotatable bonds is 7. The van der Waals surface area contributed by atoms with E-state index in [0.717, 1.165) is 4.90 Å². The van der Waals surface area contributed by atoms with Crippen LogP contribution in [0.1, 0.15) is 20.8 Å². The molecule has 0 fully saturated rings. The van der Waals surface area contributed by atoms with Crippen molar-refractivity contribution in [3.63, 3.8) is 0 Å². The summed E-state index contributed by atoms with van der Waals surface area (Å²) in [6, 6.07) is 26.6. The Morgan fingerprint density at radius 2 is 1.37 bits per heavy atom. The number of esters is 1. The third-order valence-electron chi connectivity index (χ3n) is 4.09. The van der Waals surface area contributed by atoms with Gasteiger partial charge in [-0.2, -0.15) is 0 Å². The lowest BCUT2D eigenvalue weighted by Crippen LogP contribution is -2.27. The van der Waals surface area contributed by atoms with E-state index in [4.69, 9.17) is 14.2 Å². The molecule has 0 saturated heterocycles. The molecule has 30 heavy (non-hydrogen) atoms. The molecule has 0 radical (unpaired) electrons. The van der Waals surface area contributed by atoms with Crippen LogP contribution in [0.3, 0.4) is 0 Å². The van der Waals surface area contributed by atoms with Crippen molar-refractivity contribution in [1.82, 2.24) is 0 Å². The minimum atomic E-state index is -0.548. The molecule has 0 spiro atoms. The van der Waals surface area contributed by atoms with Crippen molar-refractivity contribution in [3.8, 4) is 11.5 Å². The Kier molecular flexibility index (Phi) is 7.06. The molecule has 0 heterocycles. The van der Waals surface area contributed by atoms with E-state index in [2.05, 4.69) is 24.3 Å². The van der Waals surface area contributed by atoms with Crippen LogP contribution in [-0.2, 0) is 20.4 Å². The average molecular weight is 424 g/mol. The molecular formula is C25H27O4S+. The van der Waals surface area contributed by atoms with Gasteiger partial charge in [0.2, 0.25) is 0 Å². The van der Waals surface area contributed by atoms with Gasteiger partial charge >= 0.3 is 5.97 Å². The van der Waals surface area contributed by atoms with Crippen LogP contribution in [0.15, 0.2) is 93.5 Å². The van der Waals surface area contributed by atoms with Gasteiger partial charge in [-0.1, -0.05) is 36.4 Å². The molecule has 0 N–H and O–H groups in total. The maximum absolute atomic E-state index is 12.0. The Hall–Kier alpha value is -2.92. The van der Waals surface area contributed by atoms with Crippen molar-refractivity contribution in [2.45, 2.75) is 41.1 Å². The van der Waals surface area contributed by atoms with Crippen molar-refractivity contribution in [1.29, 1.82) is 0 Å². The first-order valence-corrected chi connectivity index (χ1v) is 11.0. The van der Waals surface area contributed by atoms with E-state index in [1.54, 1.807) is 7.11 Å². The lowest BCUT2D eigenvalue weighted by Gasteiger charge is -2.19. The fourth-order valence-corrected chi connectivity index (χ4v) is 5.03. The van der Waals surface area contributed by atoms with Gasteiger partial charge in [0, 0.05) is 6.07 Å². The third kappa shape index (κ3) is 5.80. The summed E-state index contributed by atoms with van der Waals surface area (Å²) in [6.07, 6.45) is 0. The molecule has 4 nitrogen and oxygen atoms in total. The molecule has 0 aliphatic rings. The van der Waals surface area contributed by atoms with Crippen molar-refractivity contribution in [3.05, 3.63) is 78.9 Å². The Morgan fingerprint density at radius 3 is 1.87 bits per heavy atom. The van der Waals surface area contributed by atoms with Crippen LogP contribution in [-0.4, -0.2) is 25.3 Å². The maximum Gasteiger partial charge on any atom is 0.344 e. The first-order valence-electron chi connectivity index (χ1n) is 9.74. The Balaban J connectivity index is 1.88. The second-order valence-corrected chi connectivity index (χ2v) is 9.65. The van der Waals surface area contributed by atoms with Gasteiger partial charge in [-0.3, -0.25) is 0 Å². The van der Waals surface area contributed by atoms with E-state index in [-0.39, 0.29) is 17.5 Å². The van der Waals surface area contributed by atoms with Crippen LogP contribution < -0.4 is 9.47 Å². The van der Waals surface area contributed by atoms with Gasteiger partial charge < -0.3 is 14.2 Å². The van der Waals surface area contributed by atoms with Crippen LogP contribution in [0, 0.1) is 0 Å². The van der Waals surface area contributed by atoms with Crippen LogP contribution in [0.2, 0.25) is 0 Å². The number of carbonyl (C=O) groups excluding carboxylic acids is 1. The van der Waals surface area contributed by atoms with E-state index in [1.165, 1.54) is 9.79 Å². The van der Waals surface area contributed by atoms with Crippen molar-refractivity contribution in [2.75, 3.05) is 13.7 Å². The number of hydrogen-bond acceptors (Lipinski definition) is 4. The Bertz CT molecular complexity index is 926. The fraction of sp³-hybridized carbons (Fsp3) is 0.240. The minimum Gasteiger partial charge on any atom is -0.493 e. The van der Waals surface area contributed by atoms with Gasteiger partial charge in [0.15, 0.2) is 32.8 Å². The van der Waals surface area contributed by atoms with Crippen LogP contribution in [0.25, 0.3) is 0 Å². The Labute approximate surface area is 181 Å². The summed E-state index contributed by atoms with van der Waals surface area (Å²) in [7, 11) is 1.31. The number of benzene rings is 3. The fourth-order valence-electron chi connectivity index (χ4n) is 2.92. The number of ether oxygens (including phenoxy) is 3. The topological polar surface area (TPSA) is 44.8 Å². The molecule has 0 amide bonds.